The molecule has 0 aliphatic heterocycles. The smallest absolute Gasteiger partial charge is 0.0541 e. The molecule has 0 aromatic rings. The maximum atomic E-state index is 10.3. The first-order valence-corrected chi connectivity index (χ1v) is 5.44. The molecule has 0 aliphatic rings. The molecule has 0 bridgehead atoms. The van der Waals surface area contributed by atoms with Gasteiger partial charge in [-0.25, -0.2) is 0 Å². The van der Waals surface area contributed by atoms with Crippen molar-refractivity contribution in [2.45, 2.75) is 51.2 Å². The van der Waals surface area contributed by atoms with Gasteiger partial charge in [0.05, 0.1) is 5.97 Å². The molecule has 0 fully saturated rings. The second-order valence-corrected chi connectivity index (χ2v) is 4.49. The second-order valence-electron chi connectivity index (χ2n) is 3.87. The Hall–Kier alpha value is 0.638. The summed E-state index contributed by atoms with van der Waals surface area (Å²) in [6.07, 6.45) is 5.08. The maximum Gasteiger partial charge on any atom is 0.0541 e. The zero-order valence-corrected chi connectivity index (χ0v) is 12.3. The van der Waals surface area contributed by atoms with E-state index >= 15 is 0 Å². The van der Waals surface area contributed by atoms with E-state index in [4.69, 9.17) is 0 Å². The van der Waals surface area contributed by atoms with Gasteiger partial charge in [-0.1, -0.05) is 39.5 Å². The first kappa shape index (κ1) is 17.0. The Morgan fingerprint density at radius 3 is 2.14 bits per heavy atom. The van der Waals surface area contributed by atoms with Crippen molar-refractivity contribution in [3.63, 3.8) is 0 Å². The van der Waals surface area contributed by atoms with Crippen LogP contribution in [0.15, 0.2) is 0 Å². The van der Waals surface area contributed by atoms with Crippen LogP contribution in [0.25, 0.3) is 0 Å². The SMILES string of the molecule is CC(C)CCCCCC(S)C(=O)[O-].[Sb]. The summed E-state index contributed by atoms with van der Waals surface area (Å²) in [5.41, 5.74) is 0. The molecule has 83 valence electrons. The fourth-order valence-corrected chi connectivity index (χ4v) is 1.37. The number of rotatable bonds is 7. The summed E-state index contributed by atoms with van der Waals surface area (Å²) in [4.78, 5) is 10.3. The summed E-state index contributed by atoms with van der Waals surface area (Å²) in [6.45, 7) is 4.39. The minimum Gasteiger partial charge on any atom is -0.549 e. The van der Waals surface area contributed by atoms with Gasteiger partial charge in [-0.3, -0.25) is 0 Å². The normalized spacial score (nSPS) is 12.3. The molecule has 4 heteroatoms. The summed E-state index contributed by atoms with van der Waals surface area (Å²) in [6, 6.07) is 0. The Labute approximate surface area is 110 Å². The van der Waals surface area contributed by atoms with E-state index < -0.39 is 11.2 Å². The van der Waals surface area contributed by atoms with E-state index in [0.29, 0.717) is 6.42 Å². The number of carbonyl (C=O) groups excluding carboxylic acids is 1. The van der Waals surface area contributed by atoms with Crippen molar-refractivity contribution in [3.05, 3.63) is 0 Å². The van der Waals surface area contributed by atoms with Crippen molar-refractivity contribution in [2.24, 2.45) is 5.92 Å². The van der Waals surface area contributed by atoms with E-state index in [-0.39, 0.29) is 24.4 Å². The zero-order valence-electron chi connectivity index (χ0n) is 8.90. The molecule has 2 nitrogen and oxygen atoms in total. The molecule has 0 aliphatic carbocycles. The van der Waals surface area contributed by atoms with E-state index in [1.54, 1.807) is 0 Å². The van der Waals surface area contributed by atoms with Gasteiger partial charge in [-0.15, -0.1) is 0 Å². The van der Waals surface area contributed by atoms with Crippen LogP contribution in [0.4, 0.5) is 0 Å². The number of carboxylic acids is 1. The number of aliphatic carboxylic acids is 1. The molecule has 0 saturated carbocycles. The average Bonchev–Trinajstić information content (AvgIpc) is 2.02. The monoisotopic (exact) mass is 324 g/mol. The fourth-order valence-electron chi connectivity index (χ4n) is 1.18. The Balaban J connectivity index is 0. The van der Waals surface area contributed by atoms with Gasteiger partial charge < -0.3 is 9.90 Å². The van der Waals surface area contributed by atoms with Crippen LogP contribution in [-0.4, -0.2) is 35.6 Å². The summed E-state index contributed by atoms with van der Waals surface area (Å²) >= 11 is 3.91. The van der Waals surface area contributed by atoms with Crippen LogP contribution in [-0.2, 0) is 4.79 Å². The number of hydrogen-bond acceptors (Lipinski definition) is 3. The third-order valence-corrected chi connectivity index (χ3v) is 2.50. The van der Waals surface area contributed by atoms with Crippen LogP contribution in [0, 0.1) is 5.92 Å². The topological polar surface area (TPSA) is 40.1 Å². The Morgan fingerprint density at radius 2 is 1.71 bits per heavy atom. The number of carbonyl (C=O) groups is 1. The minimum absolute atomic E-state index is 0. The van der Waals surface area contributed by atoms with Gasteiger partial charge in [0.1, 0.15) is 0 Å². The standard InChI is InChI=1S/C10H20O2S.Sb/c1-8(2)6-4-3-5-7-9(13)10(11)12;/h8-9,13H,3-7H2,1-2H3,(H,11,12);/p-1. The van der Waals surface area contributed by atoms with Crippen LogP contribution < -0.4 is 5.11 Å². The van der Waals surface area contributed by atoms with Crippen LogP contribution in [0.3, 0.4) is 0 Å². The van der Waals surface area contributed by atoms with E-state index in [1.165, 1.54) is 12.8 Å². The summed E-state index contributed by atoms with van der Waals surface area (Å²) in [7, 11) is 0. The quantitative estimate of drug-likeness (QED) is 0.435. The molecule has 0 aromatic carbocycles. The van der Waals surface area contributed by atoms with Crippen molar-refractivity contribution in [1.29, 1.82) is 0 Å². The van der Waals surface area contributed by atoms with E-state index in [9.17, 15) is 9.90 Å². The second kappa shape index (κ2) is 10.2. The Morgan fingerprint density at radius 1 is 1.21 bits per heavy atom. The van der Waals surface area contributed by atoms with E-state index in [0.717, 1.165) is 18.8 Å². The first-order valence-electron chi connectivity index (χ1n) is 4.93. The predicted octanol–water partition coefficient (Wildman–Crippen LogP) is 1.26. The summed E-state index contributed by atoms with van der Waals surface area (Å²) in [5.74, 6) is -0.305. The van der Waals surface area contributed by atoms with Crippen LogP contribution >= 0.6 is 12.6 Å². The average molecular weight is 325 g/mol. The van der Waals surface area contributed by atoms with Gasteiger partial charge in [0.2, 0.25) is 0 Å². The van der Waals surface area contributed by atoms with Crippen molar-refractivity contribution >= 4 is 43.0 Å². The van der Waals surface area contributed by atoms with Crippen molar-refractivity contribution in [2.75, 3.05) is 0 Å². The van der Waals surface area contributed by atoms with Crippen molar-refractivity contribution < 1.29 is 9.90 Å². The largest absolute Gasteiger partial charge is 0.549 e. The van der Waals surface area contributed by atoms with Crippen molar-refractivity contribution in [3.8, 4) is 0 Å². The molecule has 1 atom stereocenters. The molecule has 0 N–H and O–H groups in total. The predicted molar refractivity (Wildman–Crippen MR) is 61.5 cm³/mol. The van der Waals surface area contributed by atoms with Gasteiger partial charge in [-0.2, -0.15) is 12.6 Å². The van der Waals surface area contributed by atoms with Gasteiger partial charge in [0, 0.05) is 29.7 Å². The van der Waals surface area contributed by atoms with Crippen LogP contribution in [0.5, 0.6) is 0 Å². The Kier molecular flexibility index (Phi) is 12.4. The minimum atomic E-state index is -1.05. The third-order valence-electron chi connectivity index (χ3n) is 2.03. The third kappa shape index (κ3) is 10.7. The fraction of sp³-hybridized carbons (Fsp3) is 0.900. The van der Waals surface area contributed by atoms with Gasteiger partial charge in [0.25, 0.3) is 0 Å². The molecule has 3 radical (unpaired) electrons. The molecule has 1 unspecified atom stereocenters. The molecule has 0 amide bonds. The van der Waals surface area contributed by atoms with Gasteiger partial charge in [-0.05, 0) is 12.3 Å². The van der Waals surface area contributed by atoms with Crippen LogP contribution in [0.1, 0.15) is 46.0 Å². The zero-order chi connectivity index (χ0) is 10.3. The molecule has 14 heavy (non-hydrogen) atoms. The first-order chi connectivity index (χ1) is 6.04. The number of carboxylic acid groups (broad SMARTS) is 1. The van der Waals surface area contributed by atoms with Crippen molar-refractivity contribution in [1.82, 2.24) is 0 Å². The molecule has 0 rings (SSSR count). The molecule has 0 saturated heterocycles. The molecule has 0 heterocycles. The van der Waals surface area contributed by atoms with Gasteiger partial charge >= 0.3 is 0 Å². The number of unbranched alkanes of at least 4 members (excludes halogenated alkanes) is 2. The van der Waals surface area contributed by atoms with E-state index in [1.807, 2.05) is 0 Å². The molecular formula is C10H19O2SSb-. The number of hydrogen-bond donors (Lipinski definition) is 1. The number of thiol groups is 1. The summed E-state index contributed by atoms with van der Waals surface area (Å²) < 4.78 is 0. The molecule has 0 aromatic heterocycles. The van der Waals surface area contributed by atoms with Crippen LogP contribution in [0.2, 0.25) is 0 Å². The summed E-state index contributed by atoms with van der Waals surface area (Å²) in [5, 5.41) is 9.70. The molecule has 0 spiro atoms. The maximum absolute atomic E-state index is 10.3. The Bertz CT molecular complexity index is 151. The van der Waals surface area contributed by atoms with Gasteiger partial charge in [0.15, 0.2) is 0 Å². The van der Waals surface area contributed by atoms with E-state index in [2.05, 4.69) is 26.5 Å². The molecular weight excluding hydrogens is 306 g/mol.